The number of carboxylic acid groups (broad SMARTS) is 1. The van der Waals surface area contributed by atoms with Crippen molar-refractivity contribution >= 4 is 5.97 Å². The average molecular weight is 320 g/mol. The molecule has 0 unspecified atom stereocenters. The van der Waals surface area contributed by atoms with Crippen LogP contribution in [0.1, 0.15) is 66.2 Å². The summed E-state index contributed by atoms with van der Waals surface area (Å²) in [6.07, 6.45) is 6.90. The lowest BCUT2D eigenvalue weighted by Gasteiger charge is -2.59. The predicted molar refractivity (Wildman–Crippen MR) is 93.1 cm³/mol. The Bertz CT molecular complexity index is 517. The lowest BCUT2D eigenvalue weighted by atomic mass is 9.46. The van der Waals surface area contributed by atoms with Crippen LogP contribution in [0, 0.1) is 22.7 Å². The van der Waals surface area contributed by atoms with E-state index in [0.29, 0.717) is 11.8 Å². The normalized spacial score (nSPS) is 37.3. The average Bonchev–Trinajstić information content (AvgIpc) is 2.42. The highest BCUT2D eigenvalue weighted by Gasteiger charge is 2.55. The van der Waals surface area contributed by atoms with Crippen molar-refractivity contribution in [3.8, 4) is 0 Å². The highest BCUT2D eigenvalue weighted by Crippen LogP contribution is 2.61. The second-order valence-corrected chi connectivity index (χ2v) is 8.55. The van der Waals surface area contributed by atoms with Gasteiger partial charge in [-0.25, -0.2) is 4.79 Å². The van der Waals surface area contributed by atoms with E-state index in [1.165, 1.54) is 11.6 Å². The topological polar surface area (TPSA) is 57.5 Å². The fourth-order valence-electron chi connectivity index (χ4n) is 5.35. The lowest BCUT2D eigenvalue weighted by molar-refractivity contribution is -0.131. The predicted octanol–water partition coefficient (Wildman–Crippen LogP) is 4.57. The summed E-state index contributed by atoms with van der Waals surface area (Å²) in [5.74, 6) is 0.0548. The van der Waals surface area contributed by atoms with Crippen molar-refractivity contribution in [2.24, 2.45) is 22.7 Å². The lowest BCUT2D eigenvalue weighted by Crippen LogP contribution is -2.54. The summed E-state index contributed by atoms with van der Waals surface area (Å²) >= 11 is 0. The quantitative estimate of drug-likeness (QED) is 0.589. The van der Waals surface area contributed by atoms with Gasteiger partial charge in [-0.1, -0.05) is 38.5 Å². The van der Waals surface area contributed by atoms with E-state index in [-0.39, 0.29) is 16.9 Å². The SMILES string of the molecule is C=C1CC[C@@H]2C(C)(C)[C@@H](O)CC[C@@]2(C)[C@@H]1CC/C(C)=C/C(=O)O. The Morgan fingerprint density at radius 1 is 1.35 bits per heavy atom. The van der Waals surface area contributed by atoms with Crippen molar-refractivity contribution in [1.29, 1.82) is 0 Å². The smallest absolute Gasteiger partial charge is 0.328 e. The van der Waals surface area contributed by atoms with Crippen LogP contribution >= 0.6 is 0 Å². The van der Waals surface area contributed by atoms with Gasteiger partial charge in [0.25, 0.3) is 0 Å². The maximum Gasteiger partial charge on any atom is 0.328 e. The Balaban J connectivity index is 2.21. The molecule has 0 saturated heterocycles. The van der Waals surface area contributed by atoms with Crippen LogP contribution in [-0.4, -0.2) is 22.3 Å². The Morgan fingerprint density at radius 2 is 2.00 bits per heavy atom. The third kappa shape index (κ3) is 3.40. The van der Waals surface area contributed by atoms with Gasteiger partial charge in [0.2, 0.25) is 0 Å². The van der Waals surface area contributed by atoms with Crippen molar-refractivity contribution in [2.75, 3.05) is 0 Å². The molecule has 2 aliphatic carbocycles. The fraction of sp³-hybridized carbons (Fsp3) is 0.750. The fourth-order valence-corrected chi connectivity index (χ4v) is 5.35. The molecule has 0 heterocycles. The second-order valence-electron chi connectivity index (χ2n) is 8.55. The molecule has 2 N–H and O–H groups in total. The van der Waals surface area contributed by atoms with Crippen molar-refractivity contribution in [2.45, 2.75) is 72.3 Å². The standard InChI is InChI=1S/C20H32O3/c1-13(12-18(22)23)6-8-15-14(2)7-9-16-19(3,4)17(21)10-11-20(15,16)5/h12,15-17,21H,2,6-11H2,1,3-5H3,(H,22,23)/b13-12+/t15-,16-,17+,20+/m1/s1. The summed E-state index contributed by atoms with van der Waals surface area (Å²) in [5, 5.41) is 19.3. The van der Waals surface area contributed by atoms with E-state index in [0.717, 1.165) is 44.1 Å². The molecule has 2 fully saturated rings. The van der Waals surface area contributed by atoms with Gasteiger partial charge in [0.1, 0.15) is 0 Å². The van der Waals surface area contributed by atoms with Gasteiger partial charge in [-0.3, -0.25) is 0 Å². The van der Waals surface area contributed by atoms with E-state index >= 15 is 0 Å². The molecule has 3 heteroatoms. The first-order valence-electron chi connectivity index (χ1n) is 8.85. The Kier molecular flexibility index (Phi) is 5.10. The maximum absolute atomic E-state index is 10.8. The van der Waals surface area contributed by atoms with Crippen molar-refractivity contribution in [3.63, 3.8) is 0 Å². The number of aliphatic carboxylic acids is 1. The first kappa shape index (κ1) is 18.3. The number of rotatable bonds is 4. The van der Waals surface area contributed by atoms with E-state index in [1.807, 2.05) is 6.92 Å². The number of hydrogen-bond acceptors (Lipinski definition) is 2. The summed E-state index contributed by atoms with van der Waals surface area (Å²) in [5.41, 5.74) is 2.35. The van der Waals surface area contributed by atoms with Crippen LogP contribution in [0.15, 0.2) is 23.8 Å². The molecule has 0 aromatic rings. The Hall–Kier alpha value is -1.09. The molecule has 0 bridgehead atoms. The number of carbonyl (C=O) groups is 1. The van der Waals surface area contributed by atoms with E-state index in [1.54, 1.807) is 0 Å². The van der Waals surface area contributed by atoms with Crippen molar-refractivity contribution in [1.82, 2.24) is 0 Å². The molecule has 2 aliphatic rings. The zero-order chi connectivity index (χ0) is 17.4. The van der Waals surface area contributed by atoms with E-state index < -0.39 is 5.97 Å². The molecule has 2 rings (SSSR count). The molecule has 3 nitrogen and oxygen atoms in total. The van der Waals surface area contributed by atoms with Crippen LogP contribution in [0.5, 0.6) is 0 Å². The number of hydrogen-bond donors (Lipinski definition) is 2. The van der Waals surface area contributed by atoms with Gasteiger partial charge in [-0.2, -0.15) is 0 Å². The van der Waals surface area contributed by atoms with Crippen LogP contribution in [0.25, 0.3) is 0 Å². The summed E-state index contributed by atoms with van der Waals surface area (Å²) in [6, 6.07) is 0. The summed E-state index contributed by atoms with van der Waals surface area (Å²) in [7, 11) is 0. The number of carboxylic acids is 1. The van der Waals surface area contributed by atoms with Crippen molar-refractivity contribution in [3.05, 3.63) is 23.8 Å². The van der Waals surface area contributed by atoms with Gasteiger partial charge in [0, 0.05) is 6.08 Å². The van der Waals surface area contributed by atoms with E-state index in [2.05, 4.69) is 27.4 Å². The Labute approximate surface area is 140 Å². The van der Waals surface area contributed by atoms with Gasteiger partial charge in [0.15, 0.2) is 0 Å². The molecule has 0 aromatic carbocycles. The van der Waals surface area contributed by atoms with Gasteiger partial charge in [-0.15, -0.1) is 0 Å². The maximum atomic E-state index is 10.8. The summed E-state index contributed by atoms with van der Waals surface area (Å²) in [6.45, 7) is 13.0. The highest BCUT2D eigenvalue weighted by molar-refractivity contribution is 5.80. The minimum atomic E-state index is -0.865. The van der Waals surface area contributed by atoms with Gasteiger partial charge in [-0.05, 0) is 68.1 Å². The van der Waals surface area contributed by atoms with Crippen LogP contribution < -0.4 is 0 Å². The number of allylic oxidation sites excluding steroid dienone is 2. The third-order valence-corrected chi connectivity index (χ3v) is 6.75. The third-order valence-electron chi connectivity index (χ3n) is 6.75. The molecule has 0 aliphatic heterocycles. The molecule has 4 atom stereocenters. The molecular formula is C20H32O3. The minimum Gasteiger partial charge on any atom is -0.478 e. The molecule has 130 valence electrons. The number of aliphatic hydroxyl groups excluding tert-OH is 1. The number of aliphatic hydroxyl groups is 1. The summed E-state index contributed by atoms with van der Waals surface area (Å²) in [4.78, 5) is 10.8. The number of fused-ring (bicyclic) bond motifs is 1. The monoisotopic (exact) mass is 320 g/mol. The van der Waals surface area contributed by atoms with Crippen LogP contribution in [0.3, 0.4) is 0 Å². The van der Waals surface area contributed by atoms with Crippen LogP contribution in [-0.2, 0) is 4.79 Å². The molecule has 0 aromatic heterocycles. The second kappa shape index (κ2) is 6.43. The van der Waals surface area contributed by atoms with Crippen molar-refractivity contribution < 1.29 is 15.0 Å². The largest absolute Gasteiger partial charge is 0.478 e. The summed E-state index contributed by atoms with van der Waals surface area (Å²) < 4.78 is 0. The zero-order valence-corrected chi connectivity index (χ0v) is 15.1. The first-order chi connectivity index (χ1) is 10.6. The molecule has 0 radical (unpaired) electrons. The van der Waals surface area contributed by atoms with Gasteiger partial charge in [0.05, 0.1) is 6.10 Å². The van der Waals surface area contributed by atoms with Gasteiger partial charge >= 0.3 is 5.97 Å². The van der Waals surface area contributed by atoms with E-state index in [4.69, 9.17) is 5.11 Å². The minimum absolute atomic E-state index is 0.0576. The van der Waals surface area contributed by atoms with Crippen LogP contribution in [0.4, 0.5) is 0 Å². The molecule has 0 spiro atoms. The molecule has 2 saturated carbocycles. The zero-order valence-electron chi connectivity index (χ0n) is 15.1. The molecular weight excluding hydrogens is 288 g/mol. The first-order valence-corrected chi connectivity index (χ1v) is 8.85. The van der Waals surface area contributed by atoms with E-state index in [9.17, 15) is 9.90 Å². The highest BCUT2D eigenvalue weighted by atomic mass is 16.4. The Morgan fingerprint density at radius 3 is 2.61 bits per heavy atom. The molecule has 0 amide bonds. The van der Waals surface area contributed by atoms with Crippen LogP contribution in [0.2, 0.25) is 0 Å². The molecule has 23 heavy (non-hydrogen) atoms. The van der Waals surface area contributed by atoms with Gasteiger partial charge < -0.3 is 10.2 Å².